The van der Waals surface area contributed by atoms with Crippen LogP contribution in [0.4, 0.5) is 19.3 Å². The van der Waals surface area contributed by atoms with Crippen molar-refractivity contribution in [3.8, 4) is 0 Å². The lowest BCUT2D eigenvalue weighted by Gasteiger charge is -2.22. The van der Waals surface area contributed by atoms with Crippen LogP contribution in [0.1, 0.15) is 12.5 Å². The molecule has 1 atom stereocenters. The highest BCUT2D eigenvalue weighted by molar-refractivity contribution is 6.10. The van der Waals surface area contributed by atoms with Gasteiger partial charge in [-0.05, 0) is 36.8 Å². The number of carbonyl (C=O) groups is 3. The molecule has 2 aromatic rings. The predicted octanol–water partition coefficient (Wildman–Crippen LogP) is 2.37. The number of anilines is 1. The first-order chi connectivity index (χ1) is 12.3. The molecule has 6 nitrogen and oxygen atoms in total. The van der Waals surface area contributed by atoms with Crippen molar-refractivity contribution < 1.29 is 23.2 Å². The molecule has 1 aliphatic rings. The third-order valence-corrected chi connectivity index (χ3v) is 4.13. The number of urea groups is 1. The molecule has 2 N–H and O–H groups in total. The fraction of sp³-hybridized carbons (Fsp3) is 0.167. The summed E-state index contributed by atoms with van der Waals surface area (Å²) in [6.45, 7) is 0.869. The van der Waals surface area contributed by atoms with Crippen molar-refractivity contribution >= 4 is 23.5 Å². The highest BCUT2D eigenvalue weighted by Gasteiger charge is 2.49. The zero-order valence-corrected chi connectivity index (χ0v) is 13.8. The molecule has 1 heterocycles. The average molecular weight is 359 g/mol. The second kappa shape index (κ2) is 6.55. The van der Waals surface area contributed by atoms with Gasteiger partial charge in [-0.15, -0.1) is 0 Å². The van der Waals surface area contributed by atoms with Crippen molar-refractivity contribution in [2.75, 3.05) is 11.9 Å². The van der Waals surface area contributed by atoms with Gasteiger partial charge in [0.25, 0.3) is 5.91 Å². The third-order valence-electron chi connectivity index (χ3n) is 4.13. The minimum absolute atomic E-state index is 0.0840. The van der Waals surface area contributed by atoms with E-state index < -0.39 is 41.6 Å². The first kappa shape index (κ1) is 17.5. The molecule has 3 rings (SSSR count). The zero-order valence-electron chi connectivity index (χ0n) is 13.8. The predicted molar refractivity (Wildman–Crippen MR) is 89.0 cm³/mol. The van der Waals surface area contributed by atoms with Crippen LogP contribution in [0.3, 0.4) is 0 Å². The van der Waals surface area contributed by atoms with Crippen LogP contribution in [0.5, 0.6) is 0 Å². The van der Waals surface area contributed by atoms with Gasteiger partial charge in [0, 0.05) is 5.69 Å². The largest absolute Gasteiger partial charge is 0.325 e. The topological polar surface area (TPSA) is 78.5 Å². The quantitative estimate of drug-likeness (QED) is 0.823. The summed E-state index contributed by atoms with van der Waals surface area (Å²) in [5.41, 5.74) is -0.979. The van der Waals surface area contributed by atoms with Crippen LogP contribution in [-0.4, -0.2) is 29.3 Å². The van der Waals surface area contributed by atoms with E-state index in [2.05, 4.69) is 10.6 Å². The molecular formula is C18H15F2N3O3. The normalized spacial score (nSPS) is 19.4. The molecule has 0 bridgehead atoms. The summed E-state index contributed by atoms with van der Waals surface area (Å²) in [7, 11) is 0. The number of hydrogen-bond acceptors (Lipinski definition) is 3. The van der Waals surface area contributed by atoms with Crippen LogP contribution < -0.4 is 10.6 Å². The van der Waals surface area contributed by atoms with Gasteiger partial charge in [0.15, 0.2) is 11.6 Å². The minimum Gasteiger partial charge on any atom is -0.325 e. The van der Waals surface area contributed by atoms with Gasteiger partial charge in [0.1, 0.15) is 12.1 Å². The standard InChI is InChI=1S/C18H15F2N3O3/c1-18(11-7-8-13(19)14(20)9-11)16(25)23(17(26)22-18)10-15(24)21-12-5-3-2-4-6-12/h2-9H,10H2,1H3,(H,21,24)(H,22,26). The van der Waals surface area contributed by atoms with E-state index >= 15 is 0 Å². The van der Waals surface area contributed by atoms with Crippen LogP contribution in [-0.2, 0) is 15.1 Å². The Morgan fingerprint density at radius 3 is 2.46 bits per heavy atom. The lowest BCUT2D eigenvalue weighted by molar-refractivity contribution is -0.133. The second-order valence-electron chi connectivity index (χ2n) is 5.99. The first-order valence-corrected chi connectivity index (χ1v) is 7.76. The maximum Gasteiger partial charge on any atom is 0.325 e. The number of nitrogens with zero attached hydrogens (tertiary/aromatic N) is 1. The summed E-state index contributed by atoms with van der Waals surface area (Å²) in [6.07, 6.45) is 0. The average Bonchev–Trinajstić information content (AvgIpc) is 2.82. The van der Waals surface area contributed by atoms with E-state index in [1.807, 2.05) is 0 Å². The number of imide groups is 1. The molecule has 1 unspecified atom stereocenters. The van der Waals surface area contributed by atoms with Gasteiger partial charge in [-0.3, -0.25) is 14.5 Å². The van der Waals surface area contributed by atoms with Crippen molar-refractivity contribution in [3.63, 3.8) is 0 Å². The SMILES string of the molecule is CC1(c2ccc(F)c(F)c2)NC(=O)N(CC(=O)Nc2ccccc2)C1=O. The molecule has 1 fully saturated rings. The summed E-state index contributed by atoms with van der Waals surface area (Å²) in [5.74, 6) is -3.48. The summed E-state index contributed by atoms with van der Waals surface area (Å²) >= 11 is 0. The molecule has 8 heteroatoms. The number of amides is 4. The molecule has 134 valence electrons. The number of hydrogen-bond donors (Lipinski definition) is 2. The smallest absolute Gasteiger partial charge is 0.325 e. The van der Waals surface area contributed by atoms with Gasteiger partial charge < -0.3 is 10.6 Å². The molecular weight excluding hydrogens is 344 g/mol. The van der Waals surface area contributed by atoms with Gasteiger partial charge in [-0.2, -0.15) is 0 Å². The number of carbonyl (C=O) groups excluding carboxylic acids is 3. The number of halogens is 2. The molecule has 2 aromatic carbocycles. The Balaban J connectivity index is 1.78. The summed E-state index contributed by atoms with van der Waals surface area (Å²) in [4.78, 5) is 37.7. The Bertz CT molecular complexity index is 889. The fourth-order valence-corrected chi connectivity index (χ4v) is 2.71. The molecule has 4 amide bonds. The highest BCUT2D eigenvalue weighted by atomic mass is 19.2. The van der Waals surface area contributed by atoms with Crippen LogP contribution in [0, 0.1) is 11.6 Å². The molecule has 0 radical (unpaired) electrons. The van der Waals surface area contributed by atoms with Crippen molar-refractivity contribution in [1.82, 2.24) is 10.2 Å². The Labute approximate surface area is 147 Å². The lowest BCUT2D eigenvalue weighted by atomic mass is 9.92. The minimum atomic E-state index is -1.58. The molecule has 1 aliphatic heterocycles. The molecule has 0 saturated carbocycles. The van der Waals surface area contributed by atoms with E-state index in [0.29, 0.717) is 5.69 Å². The summed E-state index contributed by atoms with van der Waals surface area (Å²) in [5, 5.41) is 5.00. The van der Waals surface area contributed by atoms with E-state index in [0.717, 1.165) is 17.0 Å². The van der Waals surface area contributed by atoms with E-state index in [1.165, 1.54) is 13.0 Å². The van der Waals surface area contributed by atoms with E-state index in [9.17, 15) is 23.2 Å². The number of benzene rings is 2. The van der Waals surface area contributed by atoms with Gasteiger partial charge in [0.2, 0.25) is 5.91 Å². The molecule has 0 spiro atoms. The third kappa shape index (κ3) is 3.13. The van der Waals surface area contributed by atoms with Crippen LogP contribution in [0.25, 0.3) is 0 Å². The molecule has 1 saturated heterocycles. The van der Waals surface area contributed by atoms with Crippen LogP contribution >= 0.6 is 0 Å². The Morgan fingerprint density at radius 1 is 1.12 bits per heavy atom. The van der Waals surface area contributed by atoms with Crippen molar-refractivity contribution in [2.24, 2.45) is 0 Å². The molecule has 26 heavy (non-hydrogen) atoms. The van der Waals surface area contributed by atoms with Gasteiger partial charge >= 0.3 is 6.03 Å². The number of rotatable bonds is 4. The van der Waals surface area contributed by atoms with Crippen LogP contribution in [0.2, 0.25) is 0 Å². The summed E-state index contributed by atoms with van der Waals surface area (Å²) in [6, 6.07) is 10.7. The molecule has 0 aliphatic carbocycles. The van der Waals surface area contributed by atoms with Crippen molar-refractivity contribution in [2.45, 2.75) is 12.5 Å². The second-order valence-corrected chi connectivity index (χ2v) is 5.99. The summed E-state index contributed by atoms with van der Waals surface area (Å²) < 4.78 is 26.6. The van der Waals surface area contributed by atoms with E-state index in [4.69, 9.17) is 0 Å². The first-order valence-electron chi connectivity index (χ1n) is 7.76. The Hall–Kier alpha value is -3.29. The van der Waals surface area contributed by atoms with Gasteiger partial charge in [0.05, 0.1) is 0 Å². The maximum atomic E-state index is 13.5. The van der Waals surface area contributed by atoms with Crippen molar-refractivity contribution in [3.05, 3.63) is 65.7 Å². The fourth-order valence-electron chi connectivity index (χ4n) is 2.71. The zero-order chi connectivity index (χ0) is 18.9. The Morgan fingerprint density at radius 2 is 1.81 bits per heavy atom. The highest BCUT2D eigenvalue weighted by Crippen LogP contribution is 2.29. The van der Waals surface area contributed by atoms with Crippen molar-refractivity contribution in [1.29, 1.82) is 0 Å². The van der Waals surface area contributed by atoms with Crippen LogP contribution in [0.15, 0.2) is 48.5 Å². The maximum absolute atomic E-state index is 13.5. The van der Waals surface area contributed by atoms with E-state index in [1.54, 1.807) is 30.3 Å². The van der Waals surface area contributed by atoms with E-state index in [-0.39, 0.29) is 5.56 Å². The number of para-hydroxylation sites is 1. The van der Waals surface area contributed by atoms with Gasteiger partial charge in [-0.1, -0.05) is 24.3 Å². The van der Waals surface area contributed by atoms with Gasteiger partial charge in [-0.25, -0.2) is 13.6 Å². The Kier molecular flexibility index (Phi) is 4.41. The monoisotopic (exact) mass is 359 g/mol. The molecule has 0 aromatic heterocycles. The lowest BCUT2D eigenvalue weighted by Crippen LogP contribution is -2.42. The number of nitrogens with one attached hydrogen (secondary N) is 2.